The lowest BCUT2D eigenvalue weighted by atomic mass is 9.70. The number of aliphatic carboxylic acids is 1. The van der Waals surface area contributed by atoms with Gasteiger partial charge < -0.3 is 14.7 Å². The number of carbonyl (C=O) groups is 1. The molecule has 0 amide bonds. The Labute approximate surface area is 396 Å². The molecule has 68 heavy (non-hydrogen) atoms. The monoisotopic (exact) mass is 1040 g/mol. The molecular weight excluding hydrogens is 989 g/mol. The summed E-state index contributed by atoms with van der Waals surface area (Å²) in [4.78, 5) is 10.4. The molecule has 4 aromatic carbocycles. The average Bonchev–Trinajstić information content (AvgIpc) is 3.42. The highest BCUT2D eigenvalue weighted by molar-refractivity contribution is 7.89. The number of benzene rings is 4. The highest BCUT2D eigenvalue weighted by atomic mass is 32.2. The highest BCUT2D eigenvalue weighted by Gasteiger charge is 2.42. The van der Waals surface area contributed by atoms with Crippen LogP contribution in [0.25, 0.3) is 21.5 Å². The van der Waals surface area contributed by atoms with E-state index >= 15 is 0 Å². The lowest BCUT2D eigenvalue weighted by molar-refractivity contribution is -0.137. The molecule has 0 spiro atoms. The second-order valence-corrected chi connectivity index (χ2v) is 24.7. The zero-order valence-corrected chi connectivity index (χ0v) is 41.8. The largest absolute Gasteiger partial charge is 0.481 e. The first kappa shape index (κ1) is 54.3. The van der Waals surface area contributed by atoms with Crippen LogP contribution in [-0.2, 0) is 70.9 Å². The van der Waals surface area contributed by atoms with Crippen LogP contribution in [0.5, 0.6) is 0 Å². The molecule has 0 radical (unpaired) electrons. The Kier molecular flexibility index (Phi) is 16.0. The minimum absolute atomic E-state index is 0.0230. The number of ether oxygens (including phenoxy) is 1. The molecular formula is C44H54N2O17S5. The van der Waals surface area contributed by atoms with Crippen LogP contribution in [0.15, 0.2) is 104 Å². The number of nitrogens with one attached hydrogen (secondary N) is 1. The van der Waals surface area contributed by atoms with Gasteiger partial charge in [0, 0.05) is 59.6 Å². The summed E-state index contributed by atoms with van der Waals surface area (Å²) in [6.07, 6.45) is 5.91. The van der Waals surface area contributed by atoms with E-state index in [1.807, 2.05) is 4.90 Å². The zero-order chi connectivity index (χ0) is 51.0. The maximum absolute atomic E-state index is 13.6. The third-order valence-corrected chi connectivity index (χ3v) is 17.0. The SMILES string of the molecule is C=C(/C=C/C=C1/N(CCCCCC(=O)O)c2ccc3c(S(=O)(=O)O)cc(S(=O)(=O)O)cc3c2C1(C)C)C(C)(CCCS(=O)(=O)O)c1c(C)ccc2c(S(=O)(=O)O)cc(S(=O)(=O)NCCOC)cc12. The summed E-state index contributed by atoms with van der Waals surface area (Å²) in [5.74, 6) is -1.66. The van der Waals surface area contributed by atoms with Crippen LogP contribution in [-0.4, -0.2) is 104 Å². The summed E-state index contributed by atoms with van der Waals surface area (Å²) < 4.78 is 175. The van der Waals surface area contributed by atoms with Crippen LogP contribution in [0.4, 0.5) is 5.69 Å². The number of hydrogen-bond acceptors (Lipinski definition) is 13. The van der Waals surface area contributed by atoms with Gasteiger partial charge in [0.2, 0.25) is 10.0 Å². The third-order valence-electron chi connectivity index (χ3n) is 12.1. The second-order valence-electron chi connectivity index (χ2n) is 17.2. The summed E-state index contributed by atoms with van der Waals surface area (Å²) in [5, 5.41) is 9.26. The molecule has 1 atom stereocenters. The quantitative estimate of drug-likeness (QED) is 0.0284. The van der Waals surface area contributed by atoms with E-state index in [1.165, 1.54) is 25.3 Å². The van der Waals surface area contributed by atoms with E-state index < -0.39 is 92.6 Å². The number of unbranched alkanes of at least 4 members (excludes halogenated alkanes) is 2. The Bertz CT molecular complexity index is 3330. The molecule has 5 rings (SSSR count). The van der Waals surface area contributed by atoms with Crippen molar-refractivity contribution >= 4 is 83.7 Å². The molecule has 1 heterocycles. The van der Waals surface area contributed by atoms with Crippen LogP contribution >= 0.6 is 0 Å². The summed E-state index contributed by atoms with van der Waals surface area (Å²) in [5.41, 5.74) is 0.138. The average molecular weight is 1040 g/mol. The minimum atomic E-state index is -5.07. The van der Waals surface area contributed by atoms with Crippen LogP contribution < -0.4 is 9.62 Å². The van der Waals surface area contributed by atoms with Crippen molar-refractivity contribution in [1.29, 1.82) is 0 Å². The van der Waals surface area contributed by atoms with E-state index in [1.54, 1.807) is 58.1 Å². The van der Waals surface area contributed by atoms with Crippen LogP contribution in [0.3, 0.4) is 0 Å². The van der Waals surface area contributed by atoms with Gasteiger partial charge >= 0.3 is 5.97 Å². The lowest BCUT2D eigenvalue weighted by Gasteiger charge is -2.34. The molecule has 6 N–H and O–H groups in total. The van der Waals surface area contributed by atoms with Crippen molar-refractivity contribution in [2.24, 2.45) is 0 Å². The standard InChI is InChI=1S/C44H54N2O17S5/c1-28-15-16-32-34(24-30(26-37(32)67(57,58)59)65(52,53)45-20-22-63-6)41(28)44(5,19-11-23-64(49,50)51)29(2)12-10-13-39-43(3,4)42-35-25-31(66(54,55)56)27-38(68(60,61)62)33(35)17-18-36(42)46(39)21-9-7-8-14-40(47)48/h10,12-13,15-18,24-27,45H,2,7-9,11,14,19-23H2,1,3-6H3,(H,47,48)(H,49,50,51)(H,54,55,56)(H,57,58,59)(H,60,61,62)/b12-10+,39-13+. The van der Waals surface area contributed by atoms with Gasteiger partial charge in [0.1, 0.15) is 9.79 Å². The van der Waals surface area contributed by atoms with Crippen LogP contribution in [0.1, 0.15) is 76.0 Å². The number of carboxylic acid groups (broad SMARTS) is 1. The van der Waals surface area contributed by atoms with Gasteiger partial charge in [0.05, 0.1) is 22.2 Å². The summed E-state index contributed by atoms with van der Waals surface area (Å²) >= 11 is 0. The van der Waals surface area contributed by atoms with Gasteiger partial charge in [-0.1, -0.05) is 64.1 Å². The van der Waals surface area contributed by atoms with Gasteiger partial charge in [0.25, 0.3) is 40.5 Å². The first-order valence-corrected chi connectivity index (χ1v) is 28.3. The number of sulfonamides is 1. The van der Waals surface area contributed by atoms with Gasteiger partial charge in [-0.3, -0.25) is 23.0 Å². The summed E-state index contributed by atoms with van der Waals surface area (Å²) in [7, 11) is -22.7. The number of rotatable bonds is 22. The minimum Gasteiger partial charge on any atom is -0.481 e. The van der Waals surface area contributed by atoms with Gasteiger partial charge in [-0.2, -0.15) is 33.7 Å². The number of methoxy groups -OCH3 is 1. The van der Waals surface area contributed by atoms with E-state index in [2.05, 4.69) is 11.3 Å². The lowest BCUT2D eigenvalue weighted by Crippen LogP contribution is -2.28. The van der Waals surface area contributed by atoms with Crippen LogP contribution in [0, 0.1) is 6.92 Å². The molecule has 1 unspecified atom stereocenters. The molecule has 0 bridgehead atoms. The van der Waals surface area contributed by atoms with Crippen molar-refractivity contribution in [2.45, 2.75) is 96.6 Å². The maximum Gasteiger partial charge on any atom is 0.303 e. The smallest absolute Gasteiger partial charge is 0.303 e. The molecule has 372 valence electrons. The Balaban J connectivity index is 1.74. The van der Waals surface area contributed by atoms with E-state index in [4.69, 9.17) is 4.74 Å². The Morgan fingerprint density at radius 3 is 1.96 bits per heavy atom. The predicted molar refractivity (Wildman–Crippen MR) is 255 cm³/mol. The molecule has 1 aliphatic rings. The molecule has 24 heteroatoms. The topological polar surface area (TPSA) is 313 Å². The number of allylic oxidation sites excluding steroid dienone is 5. The van der Waals surface area contributed by atoms with Crippen LogP contribution in [0.2, 0.25) is 0 Å². The van der Waals surface area contributed by atoms with Crippen molar-refractivity contribution in [3.63, 3.8) is 0 Å². The van der Waals surface area contributed by atoms with Gasteiger partial charge in [-0.05, 0) is 102 Å². The molecule has 0 fully saturated rings. The fourth-order valence-corrected chi connectivity index (χ4v) is 12.6. The Morgan fingerprint density at radius 2 is 1.38 bits per heavy atom. The molecule has 0 saturated carbocycles. The number of hydrogen-bond donors (Lipinski definition) is 6. The molecule has 0 saturated heterocycles. The molecule has 1 aliphatic heterocycles. The summed E-state index contributed by atoms with van der Waals surface area (Å²) in [6.45, 7) is 11.3. The van der Waals surface area contributed by atoms with E-state index in [9.17, 15) is 70.2 Å². The fraction of sp³-hybridized carbons (Fsp3) is 0.386. The Hall–Kier alpha value is -4.60. The predicted octanol–water partition coefficient (Wildman–Crippen LogP) is 6.33. The van der Waals surface area contributed by atoms with Crippen molar-refractivity contribution in [2.75, 3.05) is 37.5 Å². The third kappa shape index (κ3) is 11.9. The van der Waals surface area contributed by atoms with Crippen molar-refractivity contribution in [1.82, 2.24) is 4.72 Å². The first-order chi connectivity index (χ1) is 31.3. The van der Waals surface area contributed by atoms with E-state index in [0.29, 0.717) is 53.4 Å². The molecule has 19 nitrogen and oxygen atoms in total. The van der Waals surface area contributed by atoms with Crippen molar-refractivity contribution in [3.05, 3.63) is 101 Å². The molecule has 4 aromatic rings. The zero-order valence-electron chi connectivity index (χ0n) is 37.8. The number of aryl methyl sites for hydroxylation is 1. The normalized spacial score (nSPS) is 16.2. The molecule has 0 aromatic heterocycles. The molecule has 0 aliphatic carbocycles. The number of nitrogens with zero attached hydrogens (tertiary/aromatic N) is 1. The second kappa shape index (κ2) is 20.0. The van der Waals surface area contributed by atoms with Gasteiger partial charge in [-0.15, -0.1) is 0 Å². The number of fused-ring (bicyclic) bond motifs is 4. The maximum atomic E-state index is 13.6. The fourth-order valence-electron chi connectivity index (χ4n) is 8.91. The van der Waals surface area contributed by atoms with Gasteiger partial charge in [0.15, 0.2) is 0 Å². The highest BCUT2D eigenvalue weighted by Crippen LogP contribution is 2.52. The van der Waals surface area contributed by atoms with Crippen molar-refractivity contribution in [3.8, 4) is 0 Å². The number of anilines is 1. The van der Waals surface area contributed by atoms with Crippen molar-refractivity contribution < 1.29 is 74.9 Å². The van der Waals surface area contributed by atoms with E-state index in [-0.39, 0.29) is 66.1 Å². The van der Waals surface area contributed by atoms with Gasteiger partial charge in [-0.25, -0.2) is 13.1 Å². The first-order valence-electron chi connectivity index (χ1n) is 20.9. The summed E-state index contributed by atoms with van der Waals surface area (Å²) in [6, 6.07) is 9.75. The number of carboxylic acids is 1. The Morgan fingerprint density at radius 1 is 0.794 bits per heavy atom. The van der Waals surface area contributed by atoms with E-state index in [0.717, 1.165) is 12.1 Å².